The van der Waals surface area contributed by atoms with Crippen molar-refractivity contribution >= 4 is 5.57 Å². The molecule has 0 saturated carbocycles. The number of benzene rings is 1. The predicted molar refractivity (Wildman–Crippen MR) is 78.6 cm³/mol. The van der Waals surface area contributed by atoms with Gasteiger partial charge in [-0.2, -0.15) is 0 Å². The van der Waals surface area contributed by atoms with Crippen LogP contribution in [0.1, 0.15) is 11.1 Å². The van der Waals surface area contributed by atoms with Crippen molar-refractivity contribution in [2.45, 2.75) is 6.92 Å². The first-order valence-corrected chi connectivity index (χ1v) is 5.88. The van der Waals surface area contributed by atoms with E-state index in [4.69, 9.17) is 0 Å². The van der Waals surface area contributed by atoms with Crippen molar-refractivity contribution in [3.8, 4) is 0 Å². The van der Waals surface area contributed by atoms with E-state index in [2.05, 4.69) is 38.8 Å². The predicted octanol–water partition coefficient (Wildman–Crippen LogP) is 4.42. The molecule has 0 saturated heterocycles. The summed E-state index contributed by atoms with van der Waals surface area (Å²) in [4.78, 5) is 1.95. The van der Waals surface area contributed by atoms with E-state index in [1.165, 1.54) is 5.56 Å². The van der Waals surface area contributed by atoms with Gasteiger partial charge in [-0.25, -0.2) is 0 Å². The molecule has 0 radical (unpaired) electrons. The molecule has 90 valence electrons. The zero-order valence-electron chi connectivity index (χ0n) is 10.7. The van der Waals surface area contributed by atoms with E-state index in [1.807, 2.05) is 41.5 Å². The van der Waals surface area contributed by atoms with Crippen LogP contribution in [0.15, 0.2) is 79.8 Å². The lowest BCUT2D eigenvalue weighted by Gasteiger charge is -2.26. The summed E-state index contributed by atoms with van der Waals surface area (Å²) in [7, 11) is 0. The Morgan fingerprint density at radius 2 is 1.94 bits per heavy atom. The summed E-state index contributed by atoms with van der Waals surface area (Å²) in [5.74, 6) is 0. The highest BCUT2D eigenvalue weighted by Gasteiger charge is 2.12. The maximum Gasteiger partial charge on any atom is 0.0455 e. The molecule has 1 aliphatic rings. The number of hydrogen-bond donors (Lipinski definition) is 0. The Bertz CT molecular complexity index is 573. The van der Waals surface area contributed by atoms with E-state index >= 15 is 0 Å². The third-order valence-electron chi connectivity index (χ3n) is 2.95. The molecule has 2 rings (SSSR count). The summed E-state index contributed by atoms with van der Waals surface area (Å²) in [5, 5.41) is 0. The molecule has 1 aliphatic heterocycles. The summed E-state index contributed by atoms with van der Waals surface area (Å²) in [6.45, 7) is 14.3. The fourth-order valence-electron chi connectivity index (χ4n) is 1.89. The van der Waals surface area contributed by atoms with E-state index in [9.17, 15) is 0 Å². The Balaban J connectivity index is 2.24. The fourth-order valence-corrected chi connectivity index (χ4v) is 1.89. The second kappa shape index (κ2) is 4.92. The third-order valence-corrected chi connectivity index (χ3v) is 2.95. The van der Waals surface area contributed by atoms with Crippen molar-refractivity contribution in [3.05, 3.63) is 91.0 Å². The molecule has 0 N–H and O–H groups in total. The number of rotatable bonds is 3. The Labute approximate surface area is 109 Å². The molecule has 0 unspecified atom stereocenters. The topological polar surface area (TPSA) is 3.24 Å². The molecule has 18 heavy (non-hydrogen) atoms. The van der Waals surface area contributed by atoms with Crippen LogP contribution in [0.3, 0.4) is 0 Å². The van der Waals surface area contributed by atoms with Gasteiger partial charge in [0.25, 0.3) is 0 Å². The highest BCUT2D eigenvalue weighted by atomic mass is 15.1. The van der Waals surface area contributed by atoms with Gasteiger partial charge in [-0.15, -0.1) is 0 Å². The summed E-state index contributed by atoms with van der Waals surface area (Å²) in [6.07, 6.45) is 7.82. The van der Waals surface area contributed by atoms with Gasteiger partial charge in [0.15, 0.2) is 0 Å². The Morgan fingerprint density at radius 1 is 1.17 bits per heavy atom. The van der Waals surface area contributed by atoms with Crippen molar-refractivity contribution in [1.29, 1.82) is 0 Å². The molecule has 1 aromatic carbocycles. The summed E-state index contributed by atoms with van der Waals surface area (Å²) < 4.78 is 0. The van der Waals surface area contributed by atoms with Crippen molar-refractivity contribution in [2.75, 3.05) is 0 Å². The van der Waals surface area contributed by atoms with Crippen LogP contribution in [0.2, 0.25) is 0 Å². The number of hydrogen-bond acceptors (Lipinski definition) is 1. The molecule has 0 spiro atoms. The first kappa shape index (κ1) is 12.2. The van der Waals surface area contributed by atoms with Gasteiger partial charge in [-0.05, 0) is 30.2 Å². The average molecular weight is 235 g/mol. The van der Waals surface area contributed by atoms with E-state index in [0.29, 0.717) is 0 Å². The van der Waals surface area contributed by atoms with Gasteiger partial charge >= 0.3 is 0 Å². The molecule has 0 fully saturated rings. The second-order valence-electron chi connectivity index (χ2n) is 4.36. The van der Waals surface area contributed by atoms with Crippen LogP contribution in [0.5, 0.6) is 0 Å². The maximum absolute atomic E-state index is 4.14. The van der Waals surface area contributed by atoms with Gasteiger partial charge in [0.05, 0.1) is 0 Å². The van der Waals surface area contributed by atoms with Gasteiger partial charge in [-0.3, -0.25) is 0 Å². The smallest absolute Gasteiger partial charge is 0.0455 e. The van der Waals surface area contributed by atoms with Gasteiger partial charge in [0.2, 0.25) is 0 Å². The lowest BCUT2D eigenvalue weighted by molar-refractivity contribution is 0.619. The molecule has 1 nitrogen and oxygen atoms in total. The molecular weight excluding hydrogens is 218 g/mol. The van der Waals surface area contributed by atoms with Crippen LogP contribution in [0, 0.1) is 6.92 Å². The minimum atomic E-state index is 0.853. The van der Waals surface area contributed by atoms with Gasteiger partial charge in [-0.1, -0.05) is 55.6 Å². The molecule has 1 heterocycles. The highest BCUT2D eigenvalue weighted by molar-refractivity contribution is 5.77. The van der Waals surface area contributed by atoms with E-state index in [1.54, 1.807) is 0 Å². The monoisotopic (exact) mass is 235 g/mol. The van der Waals surface area contributed by atoms with Crippen molar-refractivity contribution in [3.63, 3.8) is 0 Å². The average Bonchev–Trinajstić information content (AvgIpc) is 2.37. The normalized spacial score (nSPS) is 13.8. The van der Waals surface area contributed by atoms with Crippen molar-refractivity contribution in [2.24, 2.45) is 0 Å². The fraction of sp³-hybridized carbons (Fsp3) is 0.0588. The molecule has 0 aromatic heterocycles. The molecule has 0 atom stereocenters. The number of aryl methyl sites for hydroxylation is 1. The largest absolute Gasteiger partial charge is 0.318 e. The third kappa shape index (κ3) is 2.35. The van der Waals surface area contributed by atoms with Gasteiger partial charge < -0.3 is 4.90 Å². The minimum Gasteiger partial charge on any atom is -0.318 e. The summed E-state index contributed by atoms with van der Waals surface area (Å²) >= 11 is 0. The lowest BCUT2D eigenvalue weighted by atomic mass is 10.0. The standard InChI is InChI=1S/C17H17N/c1-13-8-7-10-17(12-13)15(3)16(4)18-11-6-5-9-14(18)2/h5-12H,2-4H2,1H3. The molecule has 0 amide bonds. The first-order valence-electron chi connectivity index (χ1n) is 5.88. The molecule has 1 aromatic rings. The van der Waals surface area contributed by atoms with Crippen LogP contribution in [-0.2, 0) is 0 Å². The van der Waals surface area contributed by atoms with Gasteiger partial charge in [0, 0.05) is 17.6 Å². The Kier molecular flexibility index (Phi) is 3.33. The van der Waals surface area contributed by atoms with E-state index in [0.717, 1.165) is 22.5 Å². The van der Waals surface area contributed by atoms with E-state index < -0.39 is 0 Å². The van der Waals surface area contributed by atoms with Crippen LogP contribution in [-0.4, -0.2) is 4.90 Å². The SMILES string of the molecule is C=C(C(=C)N1C=CC=CC1=C)c1cccc(C)c1. The number of allylic oxidation sites excluding steroid dienone is 4. The molecule has 1 heteroatoms. The zero-order valence-corrected chi connectivity index (χ0v) is 10.7. The zero-order chi connectivity index (χ0) is 13.1. The van der Waals surface area contributed by atoms with Crippen LogP contribution in [0.4, 0.5) is 0 Å². The summed E-state index contributed by atoms with van der Waals surface area (Å²) in [5.41, 5.74) is 4.98. The highest BCUT2D eigenvalue weighted by Crippen LogP contribution is 2.27. The first-order chi connectivity index (χ1) is 8.59. The number of nitrogens with zero attached hydrogens (tertiary/aromatic N) is 1. The Hall–Kier alpha value is -2.28. The van der Waals surface area contributed by atoms with Crippen molar-refractivity contribution in [1.82, 2.24) is 4.90 Å². The summed E-state index contributed by atoms with van der Waals surface area (Å²) in [6, 6.07) is 8.26. The van der Waals surface area contributed by atoms with Crippen LogP contribution >= 0.6 is 0 Å². The maximum atomic E-state index is 4.14. The van der Waals surface area contributed by atoms with Crippen LogP contribution < -0.4 is 0 Å². The van der Waals surface area contributed by atoms with E-state index in [-0.39, 0.29) is 0 Å². The van der Waals surface area contributed by atoms with Gasteiger partial charge in [0.1, 0.15) is 0 Å². The molecule has 0 bridgehead atoms. The molecular formula is C17H17N. The minimum absolute atomic E-state index is 0.853. The lowest BCUT2D eigenvalue weighted by Crippen LogP contribution is -2.15. The Morgan fingerprint density at radius 3 is 2.61 bits per heavy atom. The molecule has 0 aliphatic carbocycles. The second-order valence-corrected chi connectivity index (χ2v) is 4.36. The van der Waals surface area contributed by atoms with Crippen LogP contribution in [0.25, 0.3) is 5.57 Å². The van der Waals surface area contributed by atoms with Crippen molar-refractivity contribution < 1.29 is 0 Å². The quantitative estimate of drug-likeness (QED) is 0.701.